The third kappa shape index (κ3) is 3.09. The summed E-state index contributed by atoms with van der Waals surface area (Å²) >= 11 is 3.52. The van der Waals surface area contributed by atoms with E-state index >= 15 is 0 Å². The van der Waals surface area contributed by atoms with Crippen LogP contribution in [0.25, 0.3) is 16.9 Å². The summed E-state index contributed by atoms with van der Waals surface area (Å²) in [5.41, 5.74) is 2.91. The average Bonchev–Trinajstić information content (AvgIpc) is 2.99. The maximum Gasteiger partial charge on any atom is 0.154 e. The Morgan fingerprint density at radius 1 is 1.17 bits per heavy atom. The molecule has 5 nitrogen and oxygen atoms in total. The van der Waals surface area contributed by atoms with Gasteiger partial charge in [0.05, 0.1) is 11.9 Å². The van der Waals surface area contributed by atoms with Gasteiger partial charge in [-0.2, -0.15) is 0 Å². The van der Waals surface area contributed by atoms with Crippen molar-refractivity contribution in [3.63, 3.8) is 0 Å². The van der Waals surface area contributed by atoms with Gasteiger partial charge in [-0.05, 0) is 37.1 Å². The van der Waals surface area contributed by atoms with Crippen molar-refractivity contribution in [2.24, 2.45) is 0 Å². The molecule has 0 radical (unpaired) electrons. The van der Waals surface area contributed by atoms with Gasteiger partial charge in [-0.1, -0.05) is 28.1 Å². The van der Waals surface area contributed by atoms with Crippen LogP contribution in [0, 0.1) is 0 Å². The van der Waals surface area contributed by atoms with E-state index in [1.54, 1.807) is 0 Å². The second-order valence-electron chi connectivity index (χ2n) is 5.67. The monoisotopic (exact) mass is 372 g/mol. The van der Waals surface area contributed by atoms with E-state index in [9.17, 15) is 0 Å². The fourth-order valence-electron chi connectivity index (χ4n) is 2.85. The number of halogens is 1. The fraction of sp³-hybridized carbons (Fsp3) is 0.294. The van der Waals surface area contributed by atoms with Crippen LogP contribution in [0.3, 0.4) is 0 Å². The van der Waals surface area contributed by atoms with Gasteiger partial charge in [-0.15, -0.1) is 5.10 Å². The molecule has 0 saturated carbocycles. The molecule has 0 bridgehead atoms. The third-order valence-electron chi connectivity index (χ3n) is 4.06. The van der Waals surface area contributed by atoms with Gasteiger partial charge in [-0.3, -0.25) is 0 Å². The van der Waals surface area contributed by atoms with Gasteiger partial charge in [0.25, 0.3) is 0 Å². The average molecular weight is 373 g/mol. The quantitative estimate of drug-likeness (QED) is 0.760. The van der Waals surface area contributed by atoms with Crippen molar-refractivity contribution in [2.75, 3.05) is 18.5 Å². The molecular weight excluding hydrogens is 356 g/mol. The zero-order chi connectivity index (χ0) is 15.6. The lowest BCUT2D eigenvalue weighted by Gasteiger charge is -2.23. The van der Waals surface area contributed by atoms with Crippen molar-refractivity contribution in [1.82, 2.24) is 14.6 Å². The zero-order valence-corrected chi connectivity index (χ0v) is 14.2. The Morgan fingerprint density at radius 3 is 2.87 bits per heavy atom. The predicted molar refractivity (Wildman–Crippen MR) is 93.6 cm³/mol. The van der Waals surface area contributed by atoms with Crippen LogP contribution in [0.15, 0.2) is 47.1 Å². The van der Waals surface area contributed by atoms with E-state index in [1.165, 1.54) is 0 Å². The van der Waals surface area contributed by atoms with Gasteiger partial charge < -0.3 is 10.1 Å². The highest BCUT2D eigenvalue weighted by atomic mass is 79.9. The molecule has 1 aromatic carbocycles. The normalized spacial score (nSPS) is 15.9. The van der Waals surface area contributed by atoms with Crippen LogP contribution in [0.1, 0.15) is 12.8 Å². The highest BCUT2D eigenvalue weighted by Crippen LogP contribution is 2.24. The van der Waals surface area contributed by atoms with Gasteiger partial charge in [0, 0.05) is 29.3 Å². The van der Waals surface area contributed by atoms with E-state index in [4.69, 9.17) is 9.84 Å². The molecule has 1 N–H and O–H groups in total. The molecule has 118 valence electrons. The zero-order valence-electron chi connectivity index (χ0n) is 12.6. The summed E-state index contributed by atoms with van der Waals surface area (Å²) < 4.78 is 8.34. The molecule has 1 saturated heterocycles. The SMILES string of the molecule is Brc1cccc(-c2cnc3ccc(NC4CCOCC4)nn23)c1. The molecule has 4 rings (SSSR count). The van der Waals surface area contributed by atoms with E-state index in [0.29, 0.717) is 6.04 Å². The summed E-state index contributed by atoms with van der Waals surface area (Å²) in [5, 5.41) is 8.23. The van der Waals surface area contributed by atoms with Crippen LogP contribution in [-0.4, -0.2) is 33.9 Å². The van der Waals surface area contributed by atoms with Gasteiger partial charge in [0.1, 0.15) is 5.82 Å². The minimum Gasteiger partial charge on any atom is -0.381 e. The van der Waals surface area contributed by atoms with Crippen LogP contribution in [-0.2, 0) is 4.74 Å². The molecule has 2 aromatic heterocycles. The van der Waals surface area contributed by atoms with Crippen molar-refractivity contribution in [3.8, 4) is 11.3 Å². The first-order chi connectivity index (χ1) is 11.3. The first-order valence-corrected chi connectivity index (χ1v) is 8.54. The minimum absolute atomic E-state index is 0.423. The minimum atomic E-state index is 0.423. The Balaban J connectivity index is 1.68. The van der Waals surface area contributed by atoms with Crippen LogP contribution in [0.4, 0.5) is 5.82 Å². The Hall–Kier alpha value is -1.92. The summed E-state index contributed by atoms with van der Waals surface area (Å²) in [6.45, 7) is 1.63. The molecule has 1 aliphatic heterocycles. The number of aromatic nitrogens is 3. The largest absolute Gasteiger partial charge is 0.381 e. The number of nitrogens with one attached hydrogen (secondary N) is 1. The maximum atomic E-state index is 5.40. The van der Waals surface area contributed by atoms with Gasteiger partial charge in [0.2, 0.25) is 0 Å². The Labute approximate surface area is 142 Å². The lowest BCUT2D eigenvalue weighted by molar-refractivity contribution is 0.0903. The Morgan fingerprint density at radius 2 is 2.04 bits per heavy atom. The van der Waals surface area contributed by atoms with Crippen molar-refractivity contribution >= 4 is 27.4 Å². The summed E-state index contributed by atoms with van der Waals surface area (Å²) in [4.78, 5) is 4.45. The lowest BCUT2D eigenvalue weighted by Crippen LogP contribution is -2.28. The first-order valence-electron chi connectivity index (χ1n) is 7.74. The molecule has 0 amide bonds. The van der Waals surface area contributed by atoms with Gasteiger partial charge in [0.15, 0.2) is 5.65 Å². The van der Waals surface area contributed by atoms with Crippen LogP contribution >= 0.6 is 15.9 Å². The summed E-state index contributed by atoms with van der Waals surface area (Å²) in [6, 6.07) is 12.6. The van der Waals surface area contributed by atoms with Gasteiger partial charge >= 0.3 is 0 Å². The number of anilines is 1. The summed E-state index contributed by atoms with van der Waals surface area (Å²) in [7, 11) is 0. The topological polar surface area (TPSA) is 51.5 Å². The number of nitrogens with zero attached hydrogens (tertiary/aromatic N) is 3. The third-order valence-corrected chi connectivity index (χ3v) is 4.55. The number of rotatable bonds is 3. The molecule has 0 spiro atoms. The Bertz CT molecular complexity index is 826. The molecule has 3 heterocycles. The molecule has 23 heavy (non-hydrogen) atoms. The molecule has 0 unspecified atom stereocenters. The molecule has 1 aliphatic rings. The van der Waals surface area contributed by atoms with E-state index < -0.39 is 0 Å². The van der Waals surface area contributed by atoms with Gasteiger partial charge in [-0.25, -0.2) is 9.50 Å². The van der Waals surface area contributed by atoms with Crippen LogP contribution in [0.5, 0.6) is 0 Å². The molecule has 3 aromatic rings. The van der Waals surface area contributed by atoms with Crippen molar-refractivity contribution in [1.29, 1.82) is 0 Å². The van der Waals surface area contributed by atoms with E-state index in [-0.39, 0.29) is 0 Å². The molecule has 0 atom stereocenters. The number of benzene rings is 1. The predicted octanol–water partition coefficient (Wildman–Crippen LogP) is 3.75. The highest BCUT2D eigenvalue weighted by molar-refractivity contribution is 9.10. The number of ether oxygens (including phenoxy) is 1. The van der Waals surface area contributed by atoms with Crippen molar-refractivity contribution in [2.45, 2.75) is 18.9 Å². The summed E-state index contributed by atoms with van der Waals surface area (Å²) in [6.07, 6.45) is 3.90. The number of imidazole rings is 1. The smallest absolute Gasteiger partial charge is 0.154 e. The Kier molecular flexibility index (Phi) is 4.01. The first kappa shape index (κ1) is 14.7. The number of fused-ring (bicyclic) bond motifs is 1. The fourth-order valence-corrected chi connectivity index (χ4v) is 3.25. The van der Waals surface area contributed by atoms with Crippen LogP contribution < -0.4 is 5.32 Å². The molecule has 6 heteroatoms. The molecule has 0 aliphatic carbocycles. The van der Waals surface area contributed by atoms with Crippen molar-refractivity contribution in [3.05, 3.63) is 47.1 Å². The number of hydrogen-bond donors (Lipinski definition) is 1. The number of hydrogen-bond acceptors (Lipinski definition) is 4. The second-order valence-corrected chi connectivity index (χ2v) is 6.59. The molecular formula is C17H17BrN4O. The van der Waals surface area contributed by atoms with E-state index in [1.807, 2.05) is 35.0 Å². The van der Waals surface area contributed by atoms with Crippen molar-refractivity contribution < 1.29 is 4.74 Å². The molecule has 1 fully saturated rings. The lowest BCUT2D eigenvalue weighted by atomic mass is 10.1. The second kappa shape index (κ2) is 6.29. The van der Waals surface area contributed by atoms with E-state index in [0.717, 1.165) is 53.3 Å². The standard InChI is InChI=1S/C17H17BrN4O/c18-13-3-1-2-12(10-13)15-11-19-17-5-4-16(21-22(15)17)20-14-6-8-23-9-7-14/h1-5,10-11,14H,6-9H2,(H,20,21). The van der Waals surface area contributed by atoms with Crippen LogP contribution in [0.2, 0.25) is 0 Å². The highest BCUT2D eigenvalue weighted by Gasteiger charge is 2.15. The maximum absolute atomic E-state index is 5.40. The van der Waals surface area contributed by atoms with E-state index in [2.05, 4.69) is 38.4 Å². The summed E-state index contributed by atoms with van der Waals surface area (Å²) in [5.74, 6) is 0.874.